The van der Waals surface area contributed by atoms with E-state index in [1.807, 2.05) is 0 Å². The van der Waals surface area contributed by atoms with Crippen LogP contribution >= 0.6 is 11.8 Å². The van der Waals surface area contributed by atoms with E-state index in [4.69, 9.17) is 0 Å². The maximum Gasteiger partial charge on any atom is 0.0186 e. The Morgan fingerprint density at radius 1 is 1.27 bits per heavy atom. The molecule has 1 saturated carbocycles. The molecule has 0 saturated heterocycles. The summed E-state index contributed by atoms with van der Waals surface area (Å²) in [5.41, 5.74) is 0. The second-order valence-electron chi connectivity index (χ2n) is 5.18. The number of hydrogen-bond donors (Lipinski definition) is 1. The summed E-state index contributed by atoms with van der Waals surface area (Å²) >= 11 is 2.15. The second-order valence-corrected chi connectivity index (χ2v) is 6.59. The number of rotatable bonds is 8. The lowest BCUT2D eigenvalue weighted by molar-refractivity contribution is 0.501. The van der Waals surface area contributed by atoms with Crippen LogP contribution in [0.4, 0.5) is 0 Å². The van der Waals surface area contributed by atoms with E-state index in [1.165, 1.54) is 31.6 Å². The highest BCUT2D eigenvalue weighted by Crippen LogP contribution is 2.35. The molecule has 1 aliphatic carbocycles. The molecular formula is C13H27NS. The van der Waals surface area contributed by atoms with Crippen molar-refractivity contribution in [2.45, 2.75) is 58.2 Å². The van der Waals surface area contributed by atoms with E-state index in [2.05, 4.69) is 44.8 Å². The monoisotopic (exact) mass is 229 g/mol. The van der Waals surface area contributed by atoms with Crippen LogP contribution in [0, 0.1) is 11.8 Å². The van der Waals surface area contributed by atoms with Crippen molar-refractivity contribution < 1.29 is 0 Å². The first-order valence-electron chi connectivity index (χ1n) is 6.50. The molecule has 0 bridgehead atoms. The molecule has 0 amide bonds. The van der Waals surface area contributed by atoms with Crippen LogP contribution in [-0.4, -0.2) is 23.6 Å². The Balaban J connectivity index is 2.19. The molecule has 0 aromatic rings. The standard InChI is InChI=1S/C13H27NS/c1-5-8-14-13(12-6-7-12)9-15-11(4)10(2)3/h10-14H,5-9H2,1-4H3. The van der Waals surface area contributed by atoms with Crippen molar-refractivity contribution in [2.75, 3.05) is 12.3 Å². The molecule has 0 aliphatic heterocycles. The Kier molecular flexibility index (Phi) is 6.06. The molecule has 1 aliphatic rings. The molecule has 1 N–H and O–H groups in total. The molecule has 2 atom stereocenters. The summed E-state index contributed by atoms with van der Waals surface area (Å²) in [6.07, 6.45) is 4.17. The maximum absolute atomic E-state index is 3.70. The molecule has 2 heteroatoms. The third kappa shape index (κ3) is 5.26. The van der Waals surface area contributed by atoms with Gasteiger partial charge >= 0.3 is 0 Å². The van der Waals surface area contributed by atoms with Gasteiger partial charge in [-0.25, -0.2) is 0 Å². The molecular weight excluding hydrogens is 202 g/mol. The van der Waals surface area contributed by atoms with Gasteiger partial charge in [0.25, 0.3) is 0 Å². The van der Waals surface area contributed by atoms with Crippen LogP contribution in [0.5, 0.6) is 0 Å². The van der Waals surface area contributed by atoms with E-state index >= 15 is 0 Å². The van der Waals surface area contributed by atoms with Gasteiger partial charge < -0.3 is 5.32 Å². The van der Waals surface area contributed by atoms with Crippen LogP contribution < -0.4 is 5.32 Å². The molecule has 0 radical (unpaired) electrons. The summed E-state index contributed by atoms with van der Waals surface area (Å²) in [4.78, 5) is 0. The minimum atomic E-state index is 0.788. The van der Waals surface area contributed by atoms with Crippen LogP contribution in [0.25, 0.3) is 0 Å². The zero-order valence-corrected chi connectivity index (χ0v) is 11.6. The van der Waals surface area contributed by atoms with Crippen molar-refractivity contribution in [2.24, 2.45) is 11.8 Å². The largest absolute Gasteiger partial charge is 0.313 e. The highest BCUT2D eigenvalue weighted by Gasteiger charge is 2.30. The fourth-order valence-corrected chi connectivity index (χ4v) is 2.92. The molecule has 90 valence electrons. The zero-order valence-electron chi connectivity index (χ0n) is 10.8. The predicted molar refractivity (Wildman–Crippen MR) is 71.6 cm³/mol. The Morgan fingerprint density at radius 3 is 2.40 bits per heavy atom. The lowest BCUT2D eigenvalue weighted by Gasteiger charge is -2.21. The number of nitrogens with one attached hydrogen (secondary N) is 1. The van der Waals surface area contributed by atoms with Gasteiger partial charge in [0.1, 0.15) is 0 Å². The van der Waals surface area contributed by atoms with Crippen molar-refractivity contribution in [3.8, 4) is 0 Å². The molecule has 1 rings (SSSR count). The summed E-state index contributed by atoms with van der Waals surface area (Å²) in [5, 5.41) is 4.51. The third-order valence-corrected chi connectivity index (χ3v) is 4.95. The van der Waals surface area contributed by atoms with E-state index in [9.17, 15) is 0 Å². The minimum absolute atomic E-state index is 0.788. The molecule has 1 fully saturated rings. The van der Waals surface area contributed by atoms with Crippen LogP contribution in [0.15, 0.2) is 0 Å². The normalized spacial score (nSPS) is 20.6. The van der Waals surface area contributed by atoms with Crippen molar-refractivity contribution in [3.05, 3.63) is 0 Å². The van der Waals surface area contributed by atoms with Crippen LogP contribution in [0.1, 0.15) is 47.0 Å². The smallest absolute Gasteiger partial charge is 0.0186 e. The Labute approximate surface area is 99.8 Å². The van der Waals surface area contributed by atoms with Crippen LogP contribution in [0.2, 0.25) is 0 Å². The third-order valence-electron chi connectivity index (χ3n) is 3.33. The predicted octanol–water partition coefficient (Wildman–Crippen LogP) is 3.54. The summed E-state index contributed by atoms with van der Waals surface area (Å²) < 4.78 is 0. The van der Waals surface area contributed by atoms with Gasteiger partial charge in [0.15, 0.2) is 0 Å². The first-order valence-corrected chi connectivity index (χ1v) is 7.55. The highest BCUT2D eigenvalue weighted by atomic mass is 32.2. The van der Waals surface area contributed by atoms with Gasteiger partial charge in [-0.3, -0.25) is 0 Å². The van der Waals surface area contributed by atoms with E-state index < -0.39 is 0 Å². The van der Waals surface area contributed by atoms with Gasteiger partial charge in [-0.05, 0) is 37.6 Å². The average Bonchev–Trinajstić information content (AvgIpc) is 3.01. The lowest BCUT2D eigenvalue weighted by atomic mass is 10.2. The Bertz CT molecular complexity index is 166. The fourth-order valence-electron chi connectivity index (χ4n) is 1.64. The van der Waals surface area contributed by atoms with Gasteiger partial charge in [0.05, 0.1) is 0 Å². The van der Waals surface area contributed by atoms with Gasteiger partial charge in [-0.15, -0.1) is 0 Å². The first-order chi connectivity index (χ1) is 7.15. The summed E-state index contributed by atoms with van der Waals surface area (Å²) in [6, 6.07) is 0.788. The Morgan fingerprint density at radius 2 is 1.93 bits per heavy atom. The maximum atomic E-state index is 3.70. The van der Waals surface area contributed by atoms with Crippen LogP contribution in [-0.2, 0) is 0 Å². The fraction of sp³-hybridized carbons (Fsp3) is 1.00. The average molecular weight is 229 g/mol. The van der Waals surface area contributed by atoms with Crippen molar-refractivity contribution in [1.29, 1.82) is 0 Å². The lowest BCUT2D eigenvalue weighted by Crippen LogP contribution is -2.34. The summed E-state index contributed by atoms with van der Waals surface area (Å²) in [7, 11) is 0. The molecule has 2 unspecified atom stereocenters. The Hall–Kier alpha value is 0.310. The molecule has 1 nitrogen and oxygen atoms in total. The number of hydrogen-bond acceptors (Lipinski definition) is 2. The molecule has 0 aromatic carbocycles. The number of thioether (sulfide) groups is 1. The molecule has 0 aromatic heterocycles. The zero-order chi connectivity index (χ0) is 11.3. The van der Waals surface area contributed by atoms with Gasteiger partial charge in [-0.2, -0.15) is 11.8 Å². The molecule has 15 heavy (non-hydrogen) atoms. The molecule has 0 heterocycles. The summed E-state index contributed by atoms with van der Waals surface area (Å²) in [5.74, 6) is 3.11. The van der Waals surface area contributed by atoms with Gasteiger partial charge in [-0.1, -0.05) is 27.7 Å². The van der Waals surface area contributed by atoms with E-state index in [-0.39, 0.29) is 0 Å². The van der Waals surface area contributed by atoms with E-state index in [0.29, 0.717) is 0 Å². The van der Waals surface area contributed by atoms with Crippen molar-refractivity contribution in [1.82, 2.24) is 5.32 Å². The van der Waals surface area contributed by atoms with Gasteiger partial charge in [0, 0.05) is 17.0 Å². The van der Waals surface area contributed by atoms with Crippen LogP contribution in [0.3, 0.4) is 0 Å². The highest BCUT2D eigenvalue weighted by molar-refractivity contribution is 7.99. The molecule has 0 spiro atoms. The van der Waals surface area contributed by atoms with Gasteiger partial charge in [0.2, 0.25) is 0 Å². The van der Waals surface area contributed by atoms with E-state index in [1.54, 1.807) is 0 Å². The quantitative estimate of drug-likeness (QED) is 0.683. The van der Waals surface area contributed by atoms with E-state index in [0.717, 1.165) is 23.1 Å². The second kappa shape index (κ2) is 6.80. The first kappa shape index (κ1) is 13.4. The summed E-state index contributed by atoms with van der Waals surface area (Å²) in [6.45, 7) is 10.4. The SMILES string of the molecule is CCCNC(CSC(C)C(C)C)C1CC1. The van der Waals surface area contributed by atoms with Crippen molar-refractivity contribution in [3.63, 3.8) is 0 Å². The minimum Gasteiger partial charge on any atom is -0.313 e. The topological polar surface area (TPSA) is 12.0 Å². The van der Waals surface area contributed by atoms with Crippen molar-refractivity contribution >= 4 is 11.8 Å².